The molecule has 2 saturated carbocycles. The van der Waals surface area contributed by atoms with E-state index in [9.17, 15) is 9.59 Å². The van der Waals surface area contributed by atoms with Gasteiger partial charge in [0, 0.05) is 86.2 Å². The predicted octanol–water partition coefficient (Wildman–Crippen LogP) is 5.50. The molecule has 8 rings (SSSR count). The Morgan fingerprint density at radius 3 is 2.26 bits per heavy atom. The van der Waals surface area contributed by atoms with Crippen LogP contribution in [0.3, 0.4) is 0 Å². The Balaban J connectivity index is 0.892. The van der Waals surface area contributed by atoms with E-state index in [0.717, 1.165) is 113 Å². The number of anilines is 1. The van der Waals surface area contributed by atoms with Crippen LogP contribution in [0.25, 0.3) is 11.1 Å². The zero-order valence-corrected chi connectivity index (χ0v) is 28.7. The molecule has 2 aliphatic carbocycles. The summed E-state index contributed by atoms with van der Waals surface area (Å²) in [7, 11) is 0. The number of hydrogen-bond acceptors (Lipinski definition) is 7. The zero-order chi connectivity index (χ0) is 32.4. The largest absolute Gasteiger partial charge is 0.489 e. The van der Waals surface area contributed by atoms with Gasteiger partial charge in [0.15, 0.2) is 0 Å². The number of nitrogens with zero attached hydrogens (tertiary/aromatic N) is 6. The fourth-order valence-electron chi connectivity index (χ4n) is 8.06. The molecule has 1 aromatic heterocycles. The smallest absolute Gasteiger partial charge is 0.410 e. The topological polar surface area (TPSA) is 83.4 Å². The summed E-state index contributed by atoms with van der Waals surface area (Å²) in [6, 6.07) is 6.04. The number of rotatable bonds is 7. The minimum absolute atomic E-state index is 0.190. The molecule has 0 bridgehead atoms. The van der Waals surface area contributed by atoms with Crippen LogP contribution in [0.4, 0.5) is 10.5 Å². The summed E-state index contributed by atoms with van der Waals surface area (Å²) in [6.07, 6.45) is 13.9. The molecule has 3 saturated heterocycles. The molecule has 6 aliphatic rings. The van der Waals surface area contributed by atoms with Crippen molar-refractivity contribution < 1.29 is 19.1 Å². The van der Waals surface area contributed by atoms with Crippen molar-refractivity contribution in [1.29, 1.82) is 0 Å². The second-order valence-corrected chi connectivity index (χ2v) is 16.1. The highest BCUT2D eigenvalue weighted by Gasteiger charge is 2.44. The van der Waals surface area contributed by atoms with Gasteiger partial charge >= 0.3 is 6.09 Å². The van der Waals surface area contributed by atoms with Crippen LogP contribution in [-0.2, 0) is 16.0 Å². The summed E-state index contributed by atoms with van der Waals surface area (Å²) < 4.78 is 14.5. The Morgan fingerprint density at radius 2 is 1.60 bits per heavy atom. The van der Waals surface area contributed by atoms with E-state index in [0.29, 0.717) is 24.0 Å². The number of benzene rings is 1. The molecule has 0 radical (unpaired) electrons. The lowest BCUT2D eigenvalue weighted by atomic mass is 9.91. The number of ether oxygens (including phenoxy) is 2. The van der Waals surface area contributed by atoms with E-state index in [-0.39, 0.29) is 24.2 Å². The monoisotopic (exact) mass is 644 g/mol. The second-order valence-electron chi connectivity index (χ2n) is 16.1. The maximum atomic E-state index is 13.3. The fourth-order valence-corrected chi connectivity index (χ4v) is 8.06. The van der Waals surface area contributed by atoms with Crippen molar-refractivity contribution in [2.24, 2.45) is 5.92 Å². The summed E-state index contributed by atoms with van der Waals surface area (Å²) >= 11 is 0. The summed E-state index contributed by atoms with van der Waals surface area (Å²) in [4.78, 5) is 34.7. The molecule has 0 N–H and O–H groups in total. The molecule has 10 heteroatoms. The van der Waals surface area contributed by atoms with E-state index in [1.807, 2.05) is 31.9 Å². The van der Waals surface area contributed by atoms with E-state index >= 15 is 0 Å². The normalized spacial score (nSPS) is 25.1. The Kier molecular flexibility index (Phi) is 8.02. The third-order valence-corrected chi connectivity index (χ3v) is 11.5. The molecule has 2 aromatic rings. The standard InChI is InChI=1S/C37H52N6O4/c1-24-8-11-32-33(43(24)35(44)25-9-10-25)13-12-31(34(32)46-30-6-5-7-30)26-18-38-42(19-26)27-14-16-39(17-15-27)28-20-40(21-28)29-22-41(23-29)36(45)47-37(2,3)4/h12-13,18-19,24-25,27-30H,5-11,14-17,20-23H2,1-4H3/t24-/m0/s1. The average Bonchev–Trinajstić information content (AvgIpc) is 3.70. The Labute approximate surface area is 279 Å². The Morgan fingerprint density at radius 1 is 0.872 bits per heavy atom. The molecule has 2 amide bonds. The highest BCUT2D eigenvalue weighted by Crippen LogP contribution is 2.46. The lowest BCUT2D eigenvalue weighted by Crippen LogP contribution is -2.70. The molecule has 0 unspecified atom stereocenters. The van der Waals surface area contributed by atoms with Crippen LogP contribution >= 0.6 is 0 Å². The lowest BCUT2D eigenvalue weighted by Gasteiger charge is -2.54. The van der Waals surface area contributed by atoms with Gasteiger partial charge in [0.2, 0.25) is 5.91 Å². The predicted molar refractivity (Wildman–Crippen MR) is 181 cm³/mol. The van der Waals surface area contributed by atoms with Crippen molar-refractivity contribution >= 4 is 17.7 Å². The number of aromatic nitrogens is 2. The lowest BCUT2D eigenvalue weighted by molar-refractivity contribution is -0.120. The first-order valence-corrected chi connectivity index (χ1v) is 18.3. The van der Waals surface area contributed by atoms with Gasteiger partial charge < -0.3 is 19.3 Å². The van der Waals surface area contributed by atoms with E-state index in [2.05, 4.69) is 44.6 Å². The van der Waals surface area contributed by atoms with Gasteiger partial charge in [-0.3, -0.25) is 19.3 Å². The highest BCUT2D eigenvalue weighted by atomic mass is 16.6. The number of fused-ring (bicyclic) bond motifs is 1. The molecule has 4 aliphatic heterocycles. The molecule has 5 heterocycles. The molecule has 1 atom stereocenters. The van der Waals surface area contributed by atoms with E-state index < -0.39 is 5.60 Å². The first-order chi connectivity index (χ1) is 22.6. The maximum absolute atomic E-state index is 13.3. The number of amides is 2. The minimum Gasteiger partial charge on any atom is -0.489 e. The SMILES string of the molecule is C[C@H]1CCc2c(ccc(-c3cnn(C4CCN(C5CN(C6CN(C(=O)OC(C)(C)C)C6)C5)CC4)c3)c2OC2CCC2)N1C(=O)C1CC1. The van der Waals surface area contributed by atoms with E-state index in [1.54, 1.807) is 0 Å². The van der Waals surface area contributed by atoms with Gasteiger partial charge in [0.25, 0.3) is 0 Å². The van der Waals surface area contributed by atoms with Crippen molar-refractivity contribution in [3.05, 3.63) is 30.1 Å². The molecule has 0 spiro atoms. The minimum atomic E-state index is -0.444. The van der Waals surface area contributed by atoms with Gasteiger partial charge in [-0.1, -0.05) is 0 Å². The number of likely N-dealkylation sites (tertiary alicyclic amines) is 3. The van der Waals surface area contributed by atoms with Gasteiger partial charge in [0.05, 0.1) is 24.0 Å². The molecule has 1 aromatic carbocycles. The van der Waals surface area contributed by atoms with E-state index in [1.165, 1.54) is 12.0 Å². The van der Waals surface area contributed by atoms with Gasteiger partial charge in [-0.05, 0) is 97.6 Å². The van der Waals surface area contributed by atoms with Crippen molar-refractivity contribution in [3.8, 4) is 16.9 Å². The molecule has 254 valence electrons. The number of carbonyl (C=O) groups is 2. The van der Waals surface area contributed by atoms with Crippen LogP contribution in [0.15, 0.2) is 24.5 Å². The first kappa shape index (κ1) is 31.2. The Bertz CT molecular complexity index is 1490. The van der Waals surface area contributed by atoms with Crippen molar-refractivity contribution in [3.63, 3.8) is 0 Å². The van der Waals surface area contributed by atoms with Crippen LogP contribution in [0, 0.1) is 5.92 Å². The summed E-state index contributed by atoms with van der Waals surface area (Å²) in [6.45, 7) is 13.9. The van der Waals surface area contributed by atoms with Crippen LogP contribution < -0.4 is 9.64 Å². The first-order valence-electron chi connectivity index (χ1n) is 18.3. The molecular formula is C37H52N6O4. The highest BCUT2D eigenvalue weighted by molar-refractivity contribution is 5.99. The maximum Gasteiger partial charge on any atom is 0.410 e. The van der Waals surface area contributed by atoms with Gasteiger partial charge in [-0.15, -0.1) is 0 Å². The number of carbonyl (C=O) groups excluding carboxylic acids is 2. The van der Waals surface area contributed by atoms with Gasteiger partial charge in [-0.25, -0.2) is 4.79 Å². The summed E-state index contributed by atoms with van der Waals surface area (Å²) in [5.41, 5.74) is 4.05. The van der Waals surface area contributed by atoms with Gasteiger partial charge in [-0.2, -0.15) is 5.10 Å². The zero-order valence-electron chi connectivity index (χ0n) is 28.7. The quantitative estimate of drug-likeness (QED) is 0.394. The van der Waals surface area contributed by atoms with Crippen molar-refractivity contribution in [2.45, 2.75) is 121 Å². The number of piperidine rings is 1. The molecular weight excluding hydrogens is 592 g/mol. The third-order valence-electron chi connectivity index (χ3n) is 11.5. The molecule has 5 fully saturated rings. The fraction of sp³-hybridized carbons (Fsp3) is 0.703. The molecule has 10 nitrogen and oxygen atoms in total. The third kappa shape index (κ3) is 6.16. The van der Waals surface area contributed by atoms with Crippen molar-refractivity contribution in [2.75, 3.05) is 44.2 Å². The molecule has 47 heavy (non-hydrogen) atoms. The van der Waals surface area contributed by atoms with Gasteiger partial charge in [0.1, 0.15) is 11.4 Å². The van der Waals surface area contributed by atoms with Crippen LogP contribution in [0.1, 0.15) is 90.7 Å². The Hall–Kier alpha value is -3.11. The van der Waals surface area contributed by atoms with Crippen LogP contribution in [-0.4, -0.2) is 106 Å². The summed E-state index contributed by atoms with van der Waals surface area (Å²) in [5.74, 6) is 1.48. The van der Waals surface area contributed by atoms with Crippen LogP contribution in [0.5, 0.6) is 5.75 Å². The average molecular weight is 645 g/mol. The number of hydrogen-bond donors (Lipinski definition) is 0. The summed E-state index contributed by atoms with van der Waals surface area (Å²) in [5, 5.41) is 4.90. The van der Waals surface area contributed by atoms with Crippen molar-refractivity contribution in [1.82, 2.24) is 24.5 Å². The second kappa shape index (κ2) is 12.1. The van der Waals surface area contributed by atoms with Crippen LogP contribution in [0.2, 0.25) is 0 Å². The van der Waals surface area contributed by atoms with E-state index in [4.69, 9.17) is 14.6 Å².